The van der Waals surface area contributed by atoms with Crippen LogP contribution in [0.3, 0.4) is 0 Å². The minimum atomic E-state index is -4.59. The van der Waals surface area contributed by atoms with Crippen molar-refractivity contribution >= 4 is 6.09 Å². The molecule has 6 nitrogen and oxygen atoms in total. The van der Waals surface area contributed by atoms with E-state index < -0.39 is 34.8 Å². The Kier molecular flexibility index (Phi) is 10.3. The third-order valence-corrected chi connectivity index (χ3v) is 7.33. The molecule has 1 heterocycles. The molecule has 1 fully saturated rings. The topological polar surface area (TPSA) is 66.0 Å². The molecule has 1 aliphatic rings. The first-order valence-corrected chi connectivity index (χ1v) is 14.9. The number of halogens is 3. The monoisotopic (exact) mass is 613 g/mol. The van der Waals surface area contributed by atoms with Crippen molar-refractivity contribution in [2.24, 2.45) is 0 Å². The minimum Gasteiger partial charge on any atom is -0.493 e. The third-order valence-electron chi connectivity index (χ3n) is 7.33. The molecule has 0 radical (unpaired) electrons. The number of alkyl carbamates (subject to hydrolysis) is 1. The van der Waals surface area contributed by atoms with Crippen LogP contribution >= 0.6 is 0 Å². The number of carbonyl (C=O) groups excluding carboxylic acids is 1. The highest BCUT2D eigenvalue weighted by molar-refractivity contribution is 5.69. The van der Waals surface area contributed by atoms with Gasteiger partial charge in [0.1, 0.15) is 11.4 Å². The van der Waals surface area contributed by atoms with Crippen molar-refractivity contribution in [3.05, 3.63) is 89.5 Å². The molecule has 1 aliphatic heterocycles. The standard InChI is InChI=1S/C35H42F3NO5/c1-32(2,3)44-31(40)39-34(23-42-33(4,5)43-24-34)20-19-26-15-18-30(29(22-26)35(36,37)38)41-21-9-10-25-13-16-28(17-14-25)27-11-7-6-8-12-27/h6-8,11-18,22H,9-10,19-21,23-24H2,1-5H3,(H,39,40). The van der Waals surface area contributed by atoms with Crippen molar-refractivity contribution in [3.8, 4) is 16.9 Å². The van der Waals surface area contributed by atoms with Crippen LogP contribution in [0.25, 0.3) is 11.1 Å². The van der Waals surface area contributed by atoms with Gasteiger partial charge in [-0.2, -0.15) is 13.2 Å². The molecule has 3 aromatic rings. The first kappa shape index (κ1) is 33.3. The smallest absolute Gasteiger partial charge is 0.419 e. The molecule has 4 rings (SSSR count). The average molecular weight is 614 g/mol. The first-order chi connectivity index (χ1) is 20.6. The number of nitrogens with one attached hydrogen (secondary N) is 1. The summed E-state index contributed by atoms with van der Waals surface area (Å²) >= 11 is 0. The second kappa shape index (κ2) is 13.6. The van der Waals surface area contributed by atoms with Gasteiger partial charge in [0.15, 0.2) is 5.79 Å². The van der Waals surface area contributed by atoms with Crippen LogP contribution in [0, 0.1) is 0 Å². The van der Waals surface area contributed by atoms with Crippen LogP contribution in [0.5, 0.6) is 5.75 Å². The lowest BCUT2D eigenvalue weighted by molar-refractivity contribution is -0.271. The van der Waals surface area contributed by atoms with Gasteiger partial charge in [-0.05, 0) is 94.7 Å². The molecular formula is C35H42F3NO5. The summed E-state index contributed by atoms with van der Waals surface area (Å²) < 4.78 is 64.9. The Morgan fingerprint density at radius 2 is 1.48 bits per heavy atom. The third kappa shape index (κ3) is 9.72. The fraction of sp³-hybridized carbons (Fsp3) is 0.457. The van der Waals surface area contributed by atoms with Crippen molar-refractivity contribution in [1.82, 2.24) is 5.32 Å². The number of alkyl halides is 3. The van der Waals surface area contributed by atoms with Crippen LogP contribution in [-0.2, 0) is 33.2 Å². The van der Waals surface area contributed by atoms with Crippen LogP contribution in [0.4, 0.5) is 18.0 Å². The maximum atomic E-state index is 14.1. The molecule has 0 saturated carbocycles. The van der Waals surface area contributed by atoms with E-state index in [0.717, 1.165) is 22.8 Å². The first-order valence-electron chi connectivity index (χ1n) is 14.9. The number of ether oxygens (including phenoxy) is 4. The molecule has 3 aromatic carbocycles. The second-order valence-electron chi connectivity index (χ2n) is 12.7. The SMILES string of the molecule is CC(C)(C)OC(=O)NC1(CCc2ccc(OCCCc3ccc(-c4ccccc4)cc3)c(C(F)(F)F)c2)COC(C)(C)OC1. The van der Waals surface area contributed by atoms with Gasteiger partial charge in [-0.3, -0.25) is 0 Å². The van der Waals surface area contributed by atoms with E-state index in [9.17, 15) is 18.0 Å². The zero-order valence-corrected chi connectivity index (χ0v) is 26.1. The maximum absolute atomic E-state index is 14.1. The summed E-state index contributed by atoms with van der Waals surface area (Å²) in [6, 6.07) is 22.3. The number of hydrogen-bond acceptors (Lipinski definition) is 5. The van der Waals surface area contributed by atoms with Crippen LogP contribution < -0.4 is 10.1 Å². The second-order valence-corrected chi connectivity index (χ2v) is 12.7. The fourth-order valence-electron chi connectivity index (χ4n) is 4.92. The van der Waals surface area contributed by atoms with Crippen molar-refractivity contribution in [2.75, 3.05) is 19.8 Å². The number of carbonyl (C=O) groups is 1. The normalized spacial score (nSPS) is 16.3. The lowest BCUT2D eigenvalue weighted by Gasteiger charge is -2.44. The lowest BCUT2D eigenvalue weighted by Crippen LogP contribution is -2.61. The molecular weight excluding hydrogens is 571 g/mol. The largest absolute Gasteiger partial charge is 0.493 e. The van der Waals surface area contributed by atoms with Gasteiger partial charge in [-0.1, -0.05) is 60.7 Å². The summed E-state index contributed by atoms with van der Waals surface area (Å²) in [6.07, 6.45) is -3.46. The van der Waals surface area contributed by atoms with E-state index in [1.807, 2.05) is 54.6 Å². The highest BCUT2D eigenvalue weighted by Gasteiger charge is 2.42. The van der Waals surface area contributed by atoms with Gasteiger partial charge in [0.25, 0.3) is 0 Å². The van der Waals surface area contributed by atoms with E-state index in [0.29, 0.717) is 18.4 Å². The predicted molar refractivity (Wildman–Crippen MR) is 164 cm³/mol. The lowest BCUT2D eigenvalue weighted by atomic mass is 9.91. The number of amides is 1. The van der Waals surface area contributed by atoms with E-state index >= 15 is 0 Å². The van der Waals surface area contributed by atoms with E-state index in [4.69, 9.17) is 18.9 Å². The number of aryl methyl sites for hydroxylation is 2. The van der Waals surface area contributed by atoms with Crippen molar-refractivity contribution in [2.45, 2.75) is 83.4 Å². The van der Waals surface area contributed by atoms with Crippen LogP contribution in [0.1, 0.15) is 64.2 Å². The van der Waals surface area contributed by atoms with Crippen molar-refractivity contribution in [1.29, 1.82) is 0 Å². The van der Waals surface area contributed by atoms with Crippen LogP contribution in [0.15, 0.2) is 72.8 Å². The zero-order chi connectivity index (χ0) is 32.0. The van der Waals surface area contributed by atoms with E-state index in [-0.39, 0.29) is 38.4 Å². The molecule has 0 spiro atoms. The highest BCUT2D eigenvalue weighted by atomic mass is 19.4. The highest BCUT2D eigenvalue weighted by Crippen LogP contribution is 2.38. The number of benzene rings is 3. The summed E-state index contributed by atoms with van der Waals surface area (Å²) in [5.74, 6) is -1.04. The molecule has 1 saturated heterocycles. The number of rotatable bonds is 10. The van der Waals surface area contributed by atoms with Gasteiger partial charge in [0.05, 0.1) is 30.9 Å². The molecule has 1 N–H and O–H groups in total. The Morgan fingerprint density at radius 3 is 2.09 bits per heavy atom. The Hall–Kier alpha value is -3.56. The summed E-state index contributed by atoms with van der Waals surface area (Å²) in [4.78, 5) is 12.6. The maximum Gasteiger partial charge on any atom is 0.419 e. The van der Waals surface area contributed by atoms with Crippen molar-refractivity contribution < 1.29 is 36.9 Å². The van der Waals surface area contributed by atoms with Gasteiger partial charge in [-0.25, -0.2) is 4.79 Å². The number of hydrogen-bond donors (Lipinski definition) is 1. The van der Waals surface area contributed by atoms with E-state index in [1.54, 1.807) is 40.7 Å². The molecule has 0 aromatic heterocycles. The van der Waals surface area contributed by atoms with Crippen molar-refractivity contribution in [3.63, 3.8) is 0 Å². The Bertz CT molecular complexity index is 1370. The Morgan fingerprint density at radius 1 is 0.864 bits per heavy atom. The van der Waals surface area contributed by atoms with E-state index in [1.165, 1.54) is 6.07 Å². The molecule has 238 valence electrons. The molecule has 0 atom stereocenters. The average Bonchev–Trinajstić information content (AvgIpc) is 2.95. The Balaban J connectivity index is 1.37. The fourth-order valence-corrected chi connectivity index (χ4v) is 4.92. The van der Waals surface area contributed by atoms with E-state index in [2.05, 4.69) is 5.32 Å². The van der Waals surface area contributed by atoms with Gasteiger partial charge in [-0.15, -0.1) is 0 Å². The van der Waals surface area contributed by atoms with Gasteiger partial charge >= 0.3 is 12.3 Å². The van der Waals surface area contributed by atoms with Gasteiger partial charge < -0.3 is 24.3 Å². The quantitative estimate of drug-likeness (QED) is 0.233. The minimum absolute atomic E-state index is 0.127. The summed E-state index contributed by atoms with van der Waals surface area (Å²) in [6.45, 7) is 9.19. The predicted octanol–water partition coefficient (Wildman–Crippen LogP) is 8.36. The van der Waals surface area contributed by atoms with Gasteiger partial charge in [0.2, 0.25) is 0 Å². The summed E-state index contributed by atoms with van der Waals surface area (Å²) in [5.41, 5.74) is 1.28. The molecule has 0 unspecified atom stereocenters. The summed E-state index contributed by atoms with van der Waals surface area (Å²) in [5, 5.41) is 2.85. The Labute approximate surface area is 257 Å². The molecule has 0 bridgehead atoms. The summed E-state index contributed by atoms with van der Waals surface area (Å²) in [7, 11) is 0. The van der Waals surface area contributed by atoms with Crippen LogP contribution in [-0.4, -0.2) is 42.8 Å². The van der Waals surface area contributed by atoms with Crippen LogP contribution in [0.2, 0.25) is 0 Å². The van der Waals surface area contributed by atoms with Gasteiger partial charge in [0, 0.05) is 0 Å². The molecule has 9 heteroatoms. The zero-order valence-electron chi connectivity index (χ0n) is 26.1. The molecule has 44 heavy (non-hydrogen) atoms. The molecule has 1 amide bonds. The molecule has 0 aliphatic carbocycles.